The zero-order chi connectivity index (χ0) is 55.5. The van der Waals surface area contributed by atoms with Crippen molar-refractivity contribution in [1.29, 1.82) is 0 Å². The maximum Gasteiger partial charge on any atom is 0.213 e. The number of hydrogen-bond acceptors (Lipinski definition) is 5. The van der Waals surface area contributed by atoms with E-state index < -0.39 is 0 Å². The molecule has 2 aliphatic rings. The van der Waals surface area contributed by atoms with Crippen LogP contribution in [-0.2, 0) is 10.8 Å². The molecule has 5 heterocycles. The molecule has 17 aromatic rings. The van der Waals surface area contributed by atoms with E-state index in [-0.39, 0.29) is 10.8 Å². The number of fused-ring (bicyclic) bond motifs is 22. The highest BCUT2D eigenvalue weighted by Crippen LogP contribution is 2.56. The first-order valence-electron chi connectivity index (χ1n) is 29.1. The molecule has 0 atom stereocenters. The largest absolute Gasteiger partial charge is 0.439 e. The molecule has 0 spiro atoms. The Morgan fingerprint density at radius 2 is 0.833 bits per heavy atom. The van der Waals surface area contributed by atoms with E-state index in [0.29, 0.717) is 0 Å². The summed E-state index contributed by atoms with van der Waals surface area (Å²) in [5.41, 5.74) is 21.0. The third kappa shape index (κ3) is 6.10. The lowest BCUT2D eigenvalue weighted by molar-refractivity contribution is 0.652. The van der Waals surface area contributed by atoms with Gasteiger partial charge in [0.25, 0.3) is 0 Å². The normalized spacial score (nSPS) is 14.1. The van der Waals surface area contributed by atoms with E-state index >= 15 is 0 Å². The molecule has 0 saturated carbocycles. The molecule has 0 aliphatic heterocycles. The zero-order valence-electron chi connectivity index (χ0n) is 46.6. The van der Waals surface area contributed by atoms with E-state index in [9.17, 15) is 0 Å². The van der Waals surface area contributed by atoms with E-state index in [4.69, 9.17) is 4.42 Å². The summed E-state index contributed by atoms with van der Waals surface area (Å²) in [7, 11) is 0. The van der Waals surface area contributed by atoms with Gasteiger partial charge in [-0.05, 0) is 134 Å². The summed E-state index contributed by atoms with van der Waals surface area (Å²) in [5, 5.41) is 13.4. The predicted octanol–water partition coefficient (Wildman–Crippen LogP) is 23.0. The van der Waals surface area contributed by atoms with Gasteiger partial charge >= 0.3 is 0 Å². The first-order valence-corrected chi connectivity index (χ1v) is 30.8. The molecule has 0 saturated heterocycles. The predicted molar refractivity (Wildman–Crippen MR) is 359 cm³/mol. The van der Waals surface area contributed by atoms with Gasteiger partial charge in [0.15, 0.2) is 0 Å². The van der Waals surface area contributed by atoms with Gasteiger partial charge < -0.3 is 14.2 Å². The fourth-order valence-corrected chi connectivity index (χ4v) is 17.8. The van der Waals surface area contributed by atoms with Crippen molar-refractivity contribution in [2.75, 3.05) is 9.80 Å². The van der Waals surface area contributed by atoms with Gasteiger partial charge in [0.2, 0.25) is 5.71 Å². The molecule has 5 aromatic heterocycles. The SMILES string of the molecule is CC1(C)c2ccccc2-c2ccc(N(c3ccc4c(c3)oc3c4c4c5ccccc5cc5c6ccc(N(c7ccc8c(c7)C(C)(C)c7ccccc7-8)c7cccc8c7sc7ccccc78)cc6n3c54)c3cccc4c3sc3ccccc34)cc21. The molecular formula is C78H51N3OS2. The van der Waals surface area contributed by atoms with Crippen molar-refractivity contribution in [3.63, 3.8) is 0 Å². The number of thiophene rings is 2. The van der Waals surface area contributed by atoms with Crippen molar-refractivity contribution in [1.82, 2.24) is 4.40 Å². The van der Waals surface area contributed by atoms with Crippen molar-refractivity contribution < 1.29 is 4.42 Å². The highest BCUT2D eigenvalue weighted by atomic mass is 32.1. The van der Waals surface area contributed by atoms with Crippen LogP contribution in [0.2, 0.25) is 0 Å². The van der Waals surface area contributed by atoms with Gasteiger partial charge in [-0.2, -0.15) is 0 Å². The quantitative estimate of drug-likeness (QED) is 0.166. The Kier molecular flexibility index (Phi) is 9.21. The molecule has 12 aromatic carbocycles. The molecule has 2 aliphatic carbocycles. The van der Waals surface area contributed by atoms with Crippen LogP contribution in [-0.4, -0.2) is 4.40 Å². The van der Waals surface area contributed by atoms with Crippen molar-refractivity contribution in [2.45, 2.75) is 38.5 Å². The lowest BCUT2D eigenvalue weighted by atomic mass is 9.82. The van der Waals surface area contributed by atoms with Gasteiger partial charge in [0, 0.05) is 92.1 Å². The Morgan fingerprint density at radius 1 is 0.357 bits per heavy atom. The molecular weight excluding hydrogens is 1060 g/mol. The van der Waals surface area contributed by atoms with Gasteiger partial charge in [-0.3, -0.25) is 4.40 Å². The topological polar surface area (TPSA) is 24.0 Å². The first-order chi connectivity index (χ1) is 41.2. The standard InChI is InChI=1S/C78H51N3OS2/c1-77(2)61-25-11-7-19-50(61)52-35-31-45(40-63(52)77)79(65-27-15-23-57-55-21-9-13-29-69(55)83-74(57)65)47-33-37-54-60-39-44-17-5-6-18-49(44)71-72-59-38-34-48(43-68(59)82-76(72)81(73(60)71)67(54)42-47)80(66-28-16-24-58-56-22-10-14-30-70(56)84-75(58)66)46-32-36-53-51-20-8-12-26-62(51)78(3,4)64(53)41-46/h5-43H,1-4H3. The fourth-order valence-electron chi connectivity index (χ4n) is 15.4. The Hall–Kier alpha value is -9.72. The van der Waals surface area contributed by atoms with Gasteiger partial charge in [-0.25, -0.2) is 0 Å². The summed E-state index contributed by atoms with van der Waals surface area (Å²) in [6.07, 6.45) is 0. The van der Waals surface area contributed by atoms with Crippen molar-refractivity contribution >= 4 is 157 Å². The molecule has 396 valence electrons. The van der Waals surface area contributed by atoms with Crippen LogP contribution in [0.15, 0.2) is 241 Å². The summed E-state index contributed by atoms with van der Waals surface area (Å²) in [6, 6.07) is 88.9. The monoisotopic (exact) mass is 1110 g/mol. The summed E-state index contributed by atoms with van der Waals surface area (Å²) >= 11 is 3.75. The second-order valence-electron chi connectivity index (χ2n) is 24.3. The van der Waals surface area contributed by atoms with Crippen LogP contribution in [0.5, 0.6) is 0 Å². The average molecular weight is 1110 g/mol. The average Bonchev–Trinajstić information content (AvgIpc) is 1.60. The van der Waals surface area contributed by atoms with Crippen LogP contribution in [0.25, 0.3) is 123 Å². The minimum absolute atomic E-state index is 0.169. The van der Waals surface area contributed by atoms with Crippen LogP contribution >= 0.6 is 22.7 Å². The van der Waals surface area contributed by atoms with E-state index in [0.717, 1.165) is 61.7 Å². The highest BCUT2D eigenvalue weighted by Gasteiger charge is 2.38. The summed E-state index contributed by atoms with van der Waals surface area (Å²) < 4.78 is 15.1. The fraction of sp³-hybridized carbons (Fsp3) is 0.0769. The second-order valence-corrected chi connectivity index (χ2v) is 26.4. The first kappa shape index (κ1) is 46.8. The molecule has 19 rings (SSSR count). The van der Waals surface area contributed by atoms with E-state index in [1.54, 1.807) is 0 Å². The lowest BCUT2D eigenvalue weighted by Crippen LogP contribution is -2.16. The molecule has 0 fully saturated rings. The molecule has 0 N–H and O–H groups in total. The second kappa shape index (κ2) is 16.5. The van der Waals surface area contributed by atoms with Gasteiger partial charge in [0.05, 0.1) is 37.2 Å². The molecule has 0 radical (unpaired) electrons. The number of aromatic nitrogens is 1. The van der Waals surface area contributed by atoms with Gasteiger partial charge in [0.1, 0.15) is 5.58 Å². The molecule has 84 heavy (non-hydrogen) atoms. The van der Waals surface area contributed by atoms with E-state index in [2.05, 4.69) is 278 Å². The molecule has 4 nitrogen and oxygen atoms in total. The Morgan fingerprint density at radius 3 is 1.44 bits per heavy atom. The van der Waals surface area contributed by atoms with E-state index in [1.165, 1.54) is 117 Å². The van der Waals surface area contributed by atoms with Gasteiger partial charge in [-0.15, -0.1) is 22.7 Å². The third-order valence-corrected chi connectivity index (χ3v) is 21.7. The van der Waals surface area contributed by atoms with Crippen LogP contribution in [0.4, 0.5) is 34.1 Å². The maximum atomic E-state index is 7.54. The number of benzene rings is 12. The minimum atomic E-state index is -0.171. The molecule has 6 heteroatoms. The zero-order valence-corrected chi connectivity index (χ0v) is 48.2. The number of nitrogens with zero attached hydrogens (tertiary/aromatic N) is 3. The third-order valence-electron chi connectivity index (χ3n) is 19.3. The Bertz CT molecular complexity index is 5730. The van der Waals surface area contributed by atoms with E-state index in [1.807, 2.05) is 22.7 Å². The number of hydrogen-bond donors (Lipinski definition) is 0. The highest BCUT2D eigenvalue weighted by molar-refractivity contribution is 7.26. The Labute approximate surface area is 492 Å². The number of anilines is 6. The number of rotatable bonds is 6. The minimum Gasteiger partial charge on any atom is -0.439 e. The van der Waals surface area contributed by atoms with Crippen LogP contribution in [0.1, 0.15) is 49.9 Å². The summed E-state index contributed by atoms with van der Waals surface area (Å²) in [5.74, 6) is 0. The van der Waals surface area contributed by atoms with Crippen molar-refractivity contribution in [3.8, 4) is 22.3 Å². The smallest absolute Gasteiger partial charge is 0.213 e. The van der Waals surface area contributed by atoms with Crippen LogP contribution in [0.3, 0.4) is 0 Å². The lowest BCUT2D eigenvalue weighted by Gasteiger charge is -2.28. The number of furan rings is 1. The van der Waals surface area contributed by atoms with Crippen molar-refractivity contribution in [2.24, 2.45) is 0 Å². The molecule has 0 bridgehead atoms. The summed E-state index contributed by atoms with van der Waals surface area (Å²) in [6.45, 7) is 9.50. The maximum absolute atomic E-state index is 7.54. The van der Waals surface area contributed by atoms with Crippen molar-refractivity contribution in [3.05, 3.63) is 259 Å². The van der Waals surface area contributed by atoms with Crippen LogP contribution < -0.4 is 9.80 Å². The molecule has 0 amide bonds. The van der Waals surface area contributed by atoms with Crippen LogP contribution in [0, 0.1) is 0 Å². The van der Waals surface area contributed by atoms with Gasteiger partial charge in [-0.1, -0.05) is 179 Å². The Balaban J connectivity index is 0.856. The molecule has 0 unspecified atom stereocenters. The summed E-state index contributed by atoms with van der Waals surface area (Å²) in [4.78, 5) is 5.00.